The van der Waals surface area contributed by atoms with Gasteiger partial charge in [0.15, 0.2) is 15.9 Å². The molecule has 3 heterocycles. The molecule has 0 atom stereocenters. The maximum Gasteiger partial charge on any atom is 0.273 e. The van der Waals surface area contributed by atoms with Gasteiger partial charge in [-0.25, -0.2) is 4.98 Å². The Bertz CT molecular complexity index is 991. The highest BCUT2D eigenvalue weighted by molar-refractivity contribution is 7.99. The molecule has 7 nitrogen and oxygen atoms in total. The van der Waals surface area contributed by atoms with Crippen LogP contribution in [0, 0.1) is 0 Å². The van der Waals surface area contributed by atoms with E-state index in [0.29, 0.717) is 28.6 Å². The number of thiazole rings is 1. The topological polar surface area (TPSA) is 80.1 Å². The van der Waals surface area contributed by atoms with Crippen LogP contribution in [0.5, 0.6) is 0 Å². The average molecular weight is 448 g/mol. The summed E-state index contributed by atoms with van der Waals surface area (Å²) in [6.45, 7) is 5.10. The van der Waals surface area contributed by atoms with E-state index < -0.39 is 0 Å². The lowest BCUT2D eigenvalue weighted by molar-refractivity contribution is -0.118. The second-order valence-electron chi connectivity index (χ2n) is 7.78. The van der Waals surface area contributed by atoms with Crippen molar-refractivity contribution in [2.75, 3.05) is 30.3 Å². The van der Waals surface area contributed by atoms with Crippen LogP contribution in [0.3, 0.4) is 0 Å². The summed E-state index contributed by atoms with van der Waals surface area (Å²) in [5.74, 6) is 0.226. The summed E-state index contributed by atoms with van der Waals surface area (Å²) in [5.41, 5.74) is 1.90. The van der Waals surface area contributed by atoms with E-state index in [1.54, 1.807) is 4.57 Å². The van der Waals surface area contributed by atoms with Gasteiger partial charge in [0, 0.05) is 26.2 Å². The van der Waals surface area contributed by atoms with Crippen LogP contribution in [-0.4, -0.2) is 45.8 Å². The van der Waals surface area contributed by atoms with E-state index >= 15 is 0 Å². The summed E-state index contributed by atoms with van der Waals surface area (Å²) in [4.78, 5) is 36.7. The molecule has 1 saturated heterocycles. The molecule has 0 radical (unpaired) electrons. The van der Waals surface area contributed by atoms with Crippen molar-refractivity contribution < 1.29 is 4.79 Å². The highest BCUT2D eigenvalue weighted by atomic mass is 32.2. The average Bonchev–Trinajstić information content (AvgIpc) is 3.43. The number of hydrogen-bond acceptors (Lipinski definition) is 7. The van der Waals surface area contributed by atoms with Crippen LogP contribution in [0.25, 0.3) is 10.3 Å². The number of allylic oxidation sites excluding steroid dienone is 1. The zero-order chi connectivity index (χ0) is 20.9. The number of rotatable bonds is 8. The van der Waals surface area contributed by atoms with Crippen molar-refractivity contribution in [3.8, 4) is 0 Å². The molecule has 0 spiro atoms. The molecule has 1 amide bonds. The van der Waals surface area contributed by atoms with Crippen molar-refractivity contribution in [3.63, 3.8) is 0 Å². The van der Waals surface area contributed by atoms with Crippen LogP contribution in [0.4, 0.5) is 5.13 Å². The molecule has 1 aliphatic carbocycles. The molecule has 2 aromatic heterocycles. The second-order valence-corrected chi connectivity index (χ2v) is 9.70. The molecule has 1 fully saturated rings. The van der Waals surface area contributed by atoms with Gasteiger partial charge in [-0.15, -0.1) is 0 Å². The summed E-state index contributed by atoms with van der Waals surface area (Å²) in [6, 6.07) is 0. The SMILES string of the molecule is CCn1c(SCC(=O)NCCC2=CCCCC2)nc2nc(N3CCCC3)sc2c1=O. The Labute approximate surface area is 185 Å². The molecule has 0 saturated carbocycles. The molecular weight excluding hydrogens is 418 g/mol. The largest absolute Gasteiger partial charge is 0.355 e. The van der Waals surface area contributed by atoms with Crippen molar-refractivity contribution in [1.29, 1.82) is 0 Å². The summed E-state index contributed by atoms with van der Waals surface area (Å²) >= 11 is 2.75. The first-order valence-electron chi connectivity index (χ1n) is 10.9. The maximum absolute atomic E-state index is 13.0. The molecule has 1 aliphatic heterocycles. The van der Waals surface area contributed by atoms with E-state index in [1.165, 1.54) is 41.5 Å². The van der Waals surface area contributed by atoms with Gasteiger partial charge in [-0.1, -0.05) is 34.7 Å². The lowest BCUT2D eigenvalue weighted by atomic mass is 9.97. The monoisotopic (exact) mass is 447 g/mol. The Hall–Kier alpha value is -1.87. The van der Waals surface area contributed by atoms with E-state index in [2.05, 4.69) is 26.3 Å². The van der Waals surface area contributed by atoms with E-state index in [0.717, 1.165) is 50.3 Å². The van der Waals surface area contributed by atoms with E-state index in [1.807, 2.05) is 6.92 Å². The quantitative estimate of drug-likeness (QED) is 0.379. The van der Waals surface area contributed by atoms with Gasteiger partial charge in [0.2, 0.25) is 5.91 Å². The number of carbonyl (C=O) groups excluding carboxylic acids is 1. The van der Waals surface area contributed by atoms with E-state index in [4.69, 9.17) is 0 Å². The minimum Gasteiger partial charge on any atom is -0.355 e. The van der Waals surface area contributed by atoms with E-state index in [9.17, 15) is 9.59 Å². The first kappa shape index (κ1) is 21.4. The number of nitrogens with one attached hydrogen (secondary N) is 1. The zero-order valence-corrected chi connectivity index (χ0v) is 19.1. The van der Waals surface area contributed by atoms with Gasteiger partial charge in [0.05, 0.1) is 5.75 Å². The van der Waals surface area contributed by atoms with Crippen molar-refractivity contribution in [2.45, 2.75) is 63.6 Å². The Morgan fingerprint density at radius 2 is 2.07 bits per heavy atom. The first-order valence-corrected chi connectivity index (χ1v) is 12.7. The normalized spacial score (nSPS) is 16.8. The Morgan fingerprint density at radius 3 is 2.80 bits per heavy atom. The van der Waals surface area contributed by atoms with Crippen LogP contribution in [0.2, 0.25) is 0 Å². The number of anilines is 1. The number of carbonyl (C=O) groups is 1. The third kappa shape index (κ3) is 4.88. The number of nitrogens with zero attached hydrogens (tertiary/aromatic N) is 4. The molecule has 0 bridgehead atoms. The molecule has 4 rings (SSSR count). The lowest BCUT2D eigenvalue weighted by Gasteiger charge is -2.13. The summed E-state index contributed by atoms with van der Waals surface area (Å²) in [5, 5.41) is 4.44. The molecule has 162 valence electrons. The van der Waals surface area contributed by atoms with Crippen LogP contribution in [-0.2, 0) is 11.3 Å². The first-order chi connectivity index (χ1) is 14.7. The van der Waals surface area contributed by atoms with Gasteiger partial charge >= 0.3 is 0 Å². The van der Waals surface area contributed by atoms with Gasteiger partial charge in [0.1, 0.15) is 4.70 Å². The molecule has 2 aromatic rings. The zero-order valence-electron chi connectivity index (χ0n) is 17.5. The number of hydrogen-bond donors (Lipinski definition) is 1. The van der Waals surface area contributed by atoms with Crippen molar-refractivity contribution >= 4 is 44.5 Å². The highest BCUT2D eigenvalue weighted by Crippen LogP contribution is 2.29. The molecule has 2 aliphatic rings. The predicted molar refractivity (Wildman–Crippen MR) is 124 cm³/mol. The molecule has 0 unspecified atom stereocenters. The third-order valence-corrected chi connectivity index (χ3v) is 7.72. The van der Waals surface area contributed by atoms with Crippen molar-refractivity contribution in [1.82, 2.24) is 19.9 Å². The molecule has 0 aromatic carbocycles. The summed E-state index contributed by atoms with van der Waals surface area (Å²) in [6.07, 6.45) is 10.4. The second kappa shape index (κ2) is 9.96. The van der Waals surface area contributed by atoms with Crippen molar-refractivity contribution in [3.05, 3.63) is 22.0 Å². The highest BCUT2D eigenvalue weighted by Gasteiger charge is 2.20. The van der Waals surface area contributed by atoms with Gasteiger partial charge in [-0.05, 0) is 51.9 Å². The van der Waals surface area contributed by atoms with Gasteiger partial charge in [-0.3, -0.25) is 14.2 Å². The Kier molecular flexibility index (Phi) is 7.09. The standard InChI is InChI=1S/C21H29N5O2S2/c1-2-26-19(28)17-18(23-20(30-17)25-12-6-7-13-25)24-21(26)29-14-16(27)22-11-10-15-8-4-3-5-9-15/h8H,2-7,9-14H2,1H3,(H,22,27). The third-order valence-electron chi connectivity index (χ3n) is 5.65. The predicted octanol–water partition coefficient (Wildman–Crippen LogP) is 3.57. The minimum atomic E-state index is -0.0578. The molecule has 9 heteroatoms. The fraction of sp³-hybridized carbons (Fsp3) is 0.619. The van der Waals surface area contributed by atoms with Gasteiger partial charge in [0.25, 0.3) is 5.56 Å². The van der Waals surface area contributed by atoms with Crippen LogP contribution in [0.1, 0.15) is 51.9 Å². The fourth-order valence-corrected chi connectivity index (χ4v) is 5.87. The molecule has 30 heavy (non-hydrogen) atoms. The van der Waals surface area contributed by atoms with Crippen molar-refractivity contribution in [2.24, 2.45) is 0 Å². The Morgan fingerprint density at radius 1 is 1.23 bits per heavy atom. The molecular formula is C21H29N5O2S2. The lowest BCUT2D eigenvalue weighted by Crippen LogP contribution is -2.27. The summed E-state index contributed by atoms with van der Waals surface area (Å²) < 4.78 is 2.26. The smallest absolute Gasteiger partial charge is 0.273 e. The number of amides is 1. The van der Waals surface area contributed by atoms with Gasteiger partial charge in [-0.2, -0.15) is 4.98 Å². The van der Waals surface area contributed by atoms with E-state index in [-0.39, 0.29) is 17.2 Å². The fourth-order valence-electron chi connectivity index (χ4n) is 3.98. The number of fused-ring (bicyclic) bond motifs is 1. The minimum absolute atomic E-state index is 0.0237. The molecule has 1 N–H and O–H groups in total. The number of thioether (sulfide) groups is 1. The maximum atomic E-state index is 13.0. The van der Waals surface area contributed by atoms with Crippen LogP contribution in [0.15, 0.2) is 21.6 Å². The van der Waals surface area contributed by atoms with Gasteiger partial charge < -0.3 is 10.2 Å². The Balaban J connectivity index is 1.40. The van der Waals surface area contributed by atoms with Crippen LogP contribution >= 0.6 is 23.1 Å². The van der Waals surface area contributed by atoms with Crippen LogP contribution < -0.4 is 15.8 Å². The number of aromatic nitrogens is 3. The summed E-state index contributed by atoms with van der Waals surface area (Å²) in [7, 11) is 0.